The van der Waals surface area contributed by atoms with E-state index in [4.69, 9.17) is 11.3 Å². The Labute approximate surface area is 120 Å². The molecule has 0 radical (unpaired) electrons. The van der Waals surface area contributed by atoms with Gasteiger partial charge in [-0.1, -0.05) is 19.6 Å². The molecule has 20 heavy (non-hydrogen) atoms. The van der Waals surface area contributed by atoms with E-state index >= 15 is 0 Å². The molecule has 0 saturated heterocycles. The van der Waals surface area contributed by atoms with Crippen LogP contribution in [0.1, 0.15) is 5.69 Å². The van der Waals surface area contributed by atoms with Crippen molar-refractivity contribution in [2.45, 2.75) is 39.0 Å². The molecule has 0 aliphatic rings. The molecule has 6 heteroatoms. The van der Waals surface area contributed by atoms with Gasteiger partial charge in [-0.3, -0.25) is 0 Å². The number of ether oxygens (including phenoxy) is 1. The highest BCUT2D eigenvalue weighted by Gasteiger charge is 2.13. The standard InChI is InChI=1S/C14H20N4OSi/c1-15-9-13-12-5-6-18(14(12)17-10-16-13)11-19-7-8-20(2,3)4/h5-6,10H,7-9,11H2,2-4H3. The van der Waals surface area contributed by atoms with Crippen LogP contribution in [0, 0.1) is 6.57 Å². The number of aromatic nitrogens is 3. The smallest absolute Gasteiger partial charge is 0.257 e. The third-order valence-corrected chi connectivity index (χ3v) is 4.80. The van der Waals surface area contributed by atoms with Crippen LogP contribution in [0.25, 0.3) is 15.9 Å². The van der Waals surface area contributed by atoms with Crippen LogP contribution in [0.4, 0.5) is 0 Å². The predicted molar refractivity (Wildman–Crippen MR) is 81.9 cm³/mol. The van der Waals surface area contributed by atoms with Gasteiger partial charge in [0.05, 0.1) is 0 Å². The normalized spacial score (nSPS) is 11.7. The first kappa shape index (κ1) is 14.7. The maximum Gasteiger partial charge on any atom is 0.257 e. The minimum Gasteiger partial charge on any atom is -0.361 e. The van der Waals surface area contributed by atoms with Crippen molar-refractivity contribution in [3.63, 3.8) is 0 Å². The van der Waals surface area contributed by atoms with E-state index in [1.165, 1.54) is 6.33 Å². The van der Waals surface area contributed by atoms with Gasteiger partial charge in [-0.15, -0.1) is 0 Å². The van der Waals surface area contributed by atoms with Gasteiger partial charge in [-0.25, -0.2) is 16.5 Å². The zero-order chi connectivity index (χ0) is 14.6. The third-order valence-electron chi connectivity index (χ3n) is 3.09. The molecule has 2 aromatic heterocycles. The molecule has 0 saturated carbocycles. The fourth-order valence-electron chi connectivity index (χ4n) is 1.90. The first-order valence-electron chi connectivity index (χ1n) is 6.71. The average molecular weight is 288 g/mol. The largest absolute Gasteiger partial charge is 0.361 e. The lowest BCUT2D eigenvalue weighted by Crippen LogP contribution is -2.22. The van der Waals surface area contributed by atoms with E-state index in [1.807, 2.05) is 16.8 Å². The maximum absolute atomic E-state index is 6.95. The van der Waals surface area contributed by atoms with Crippen LogP contribution in [0.2, 0.25) is 25.7 Å². The second-order valence-electron chi connectivity index (χ2n) is 6.01. The van der Waals surface area contributed by atoms with Gasteiger partial charge in [0.25, 0.3) is 6.54 Å². The maximum atomic E-state index is 6.95. The molecular formula is C14H20N4OSi. The zero-order valence-corrected chi connectivity index (χ0v) is 13.3. The number of rotatable bonds is 6. The van der Waals surface area contributed by atoms with Gasteiger partial charge in [0, 0.05) is 26.3 Å². The lowest BCUT2D eigenvalue weighted by molar-refractivity contribution is 0.0899. The van der Waals surface area contributed by atoms with E-state index in [0.717, 1.165) is 29.4 Å². The van der Waals surface area contributed by atoms with Crippen LogP contribution in [0.15, 0.2) is 18.6 Å². The van der Waals surface area contributed by atoms with Crippen molar-refractivity contribution in [1.29, 1.82) is 0 Å². The summed E-state index contributed by atoms with van der Waals surface area (Å²) in [4.78, 5) is 11.8. The number of nitrogens with zero attached hydrogens (tertiary/aromatic N) is 4. The molecular weight excluding hydrogens is 268 g/mol. The van der Waals surface area contributed by atoms with Crippen LogP contribution in [-0.4, -0.2) is 29.2 Å². The fourth-order valence-corrected chi connectivity index (χ4v) is 2.66. The lowest BCUT2D eigenvalue weighted by atomic mass is 10.3. The van der Waals surface area contributed by atoms with Crippen molar-refractivity contribution in [1.82, 2.24) is 14.5 Å². The Morgan fingerprint density at radius 3 is 2.85 bits per heavy atom. The van der Waals surface area contributed by atoms with Crippen LogP contribution in [0.3, 0.4) is 0 Å². The molecule has 106 valence electrons. The molecule has 0 amide bonds. The van der Waals surface area contributed by atoms with Crippen molar-refractivity contribution in [3.05, 3.63) is 35.7 Å². The molecule has 0 fully saturated rings. The van der Waals surface area contributed by atoms with E-state index in [2.05, 4.69) is 34.5 Å². The topological polar surface area (TPSA) is 44.3 Å². The summed E-state index contributed by atoms with van der Waals surface area (Å²) in [7, 11) is -1.05. The third kappa shape index (κ3) is 3.65. The highest BCUT2D eigenvalue weighted by atomic mass is 28.3. The van der Waals surface area contributed by atoms with E-state index in [1.54, 1.807) is 0 Å². The van der Waals surface area contributed by atoms with Crippen molar-refractivity contribution >= 4 is 19.1 Å². The molecule has 2 aromatic rings. The Hall–Kier alpha value is -1.71. The van der Waals surface area contributed by atoms with Gasteiger partial charge in [0.1, 0.15) is 24.4 Å². The Balaban J connectivity index is 2.05. The molecule has 0 bridgehead atoms. The Kier molecular flexibility index (Phi) is 4.52. The molecule has 0 N–H and O–H groups in total. The van der Waals surface area contributed by atoms with Gasteiger partial charge < -0.3 is 14.1 Å². The van der Waals surface area contributed by atoms with Crippen molar-refractivity contribution < 1.29 is 4.74 Å². The quantitative estimate of drug-likeness (QED) is 0.466. The van der Waals surface area contributed by atoms with Crippen LogP contribution >= 0.6 is 0 Å². The summed E-state index contributed by atoms with van der Waals surface area (Å²) in [6, 6.07) is 3.11. The first-order chi connectivity index (χ1) is 9.51. The van der Waals surface area contributed by atoms with E-state index in [-0.39, 0.29) is 0 Å². The Morgan fingerprint density at radius 2 is 2.15 bits per heavy atom. The summed E-state index contributed by atoms with van der Waals surface area (Å²) in [5.41, 5.74) is 1.62. The fraction of sp³-hybridized carbons (Fsp3) is 0.500. The van der Waals surface area contributed by atoms with Crippen LogP contribution in [-0.2, 0) is 18.0 Å². The minimum atomic E-state index is -1.05. The number of fused-ring (bicyclic) bond motifs is 1. The Bertz CT molecular complexity index is 624. The van der Waals surface area contributed by atoms with Gasteiger partial charge in [-0.05, 0) is 12.1 Å². The molecule has 2 heterocycles. The summed E-state index contributed by atoms with van der Waals surface area (Å²) < 4.78 is 7.71. The molecule has 2 rings (SSSR count). The molecule has 0 spiro atoms. The van der Waals surface area contributed by atoms with Gasteiger partial charge in [-0.2, -0.15) is 0 Å². The molecule has 0 aliphatic carbocycles. The zero-order valence-electron chi connectivity index (χ0n) is 12.3. The molecule has 5 nitrogen and oxygen atoms in total. The van der Waals surface area contributed by atoms with Crippen LogP contribution < -0.4 is 0 Å². The van der Waals surface area contributed by atoms with Gasteiger partial charge >= 0.3 is 0 Å². The van der Waals surface area contributed by atoms with Crippen molar-refractivity contribution in [2.75, 3.05) is 6.61 Å². The highest BCUT2D eigenvalue weighted by Crippen LogP contribution is 2.17. The number of hydrogen-bond acceptors (Lipinski definition) is 3. The molecule has 0 aromatic carbocycles. The summed E-state index contributed by atoms with van der Waals surface area (Å²) in [5, 5.41) is 0.942. The number of hydrogen-bond donors (Lipinski definition) is 0. The summed E-state index contributed by atoms with van der Waals surface area (Å²) in [5.74, 6) is 0. The van der Waals surface area contributed by atoms with Crippen LogP contribution in [0.5, 0.6) is 0 Å². The first-order valence-corrected chi connectivity index (χ1v) is 10.4. The van der Waals surface area contributed by atoms with E-state index in [9.17, 15) is 0 Å². The Morgan fingerprint density at radius 1 is 1.35 bits per heavy atom. The average Bonchev–Trinajstić information content (AvgIpc) is 2.78. The lowest BCUT2D eigenvalue weighted by Gasteiger charge is -2.15. The highest BCUT2D eigenvalue weighted by molar-refractivity contribution is 6.76. The predicted octanol–water partition coefficient (Wildman–Crippen LogP) is 3.16. The summed E-state index contributed by atoms with van der Waals surface area (Å²) in [6.45, 7) is 15.5. The molecule has 0 unspecified atom stereocenters. The van der Waals surface area contributed by atoms with Crippen molar-refractivity contribution in [3.8, 4) is 0 Å². The van der Waals surface area contributed by atoms with Gasteiger partial charge in [0.2, 0.25) is 0 Å². The van der Waals surface area contributed by atoms with Gasteiger partial charge in [0.15, 0.2) is 0 Å². The molecule has 0 aliphatic heterocycles. The van der Waals surface area contributed by atoms with E-state index < -0.39 is 8.07 Å². The second-order valence-corrected chi connectivity index (χ2v) is 11.6. The monoisotopic (exact) mass is 288 g/mol. The van der Waals surface area contributed by atoms with Crippen molar-refractivity contribution in [2.24, 2.45) is 0 Å². The summed E-state index contributed by atoms with van der Waals surface area (Å²) >= 11 is 0. The SMILES string of the molecule is [C-]#[N+]Cc1ncnc2c1ccn2COCC[Si](C)(C)C. The van der Waals surface area contributed by atoms with E-state index in [0.29, 0.717) is 13.3 Å². The minimum absolute atomic E-state index is 0.291. The summed E-state index contributed by atoms with van der Waals surface area (Å²) in [6.07, 6.45) is 3.46. The second kappa shape index (κ2) is 6.16. The molecule has 0 atom stereocenters.